The maximum Gasteiger partial charge on any atom is 0.308 e. The van der Waals surface area contributed by atoms with E-state index in [-0.39, 0.29) is 30.2 Å². The molecule has 10 heteroatoms. The van der Waals surface area contributed by atoms with E-state index >= 15 is 0 Å². The molecule has 1 fully saturated rings. The third-order valence-electron chi connectivity index (χ3n) is 10.2. The number of ether oxygens (including phenoxy) is 2. The van der Waals surface area contributed by atoms with Crippen LogP contribution in [0.2, 0.25) is 0 Å². The van der Waals surface area contributed by atoms with E-state index in [4.69, 9.17) is 9.47 Å². The summed E-state index contributed by atoms with van der Waals surface area (Å²) >= 11 is 0. The quantitative estimate of drug-likeness (QED) is 0.0819. The van der Waals surface area contributed by atoms with Gasteiger partial charge in [-0.2, -0.15) is 0 Å². The molecule has 10 nitrogen and oxygen atoms in total. The van der Waals surface area contributed by atoms with Crippen molar-refractivity contribution >= 4 is 17.8 Å². The lowest BCUT2D eigenvalue weighted by molar-refractivity contribution is -0.142. The molecule has 0 radical (unpaired) electrons. The Morgan fingerprint density at radius 3 is 2.16 bits per heavy atom. The molecule has 5 rings (SSSR count). The number of rotatable bonds is 19. The topological polar surface area (TPSA) is 140 Å². The summed E-state index contributed by atoms with van der Waals surface area (Å²) in [6, 6.07) is 22.0. The van der Waals surface area contributed by atoms with Gasteiger partial charge < -0.3 is 25.2 Å². The zero-order valence-electron chi connectivity index (χ0n) is 32.7. The molecule has 2 unspecified atom stereocenters. The van der Waals surface area contributed by atoms with Crippen LogP contribution in [-0.4, -0.2) is 65.3 Å². The van der Waals surface area contributed by atoms with Crippen LogP contribution >= 0.6 is 0 Å². The molecule has 2 heterocycles. The van der Waals surface area contributed by atoms with Gasteiger partial charge >= 0.3 is 5.97 Å². The van der Waals surface area contributed by atoms with Gasteiger partial charge in [0.1, 0.15) is 11.8 Å². The fraction of sp³-hybridized carbons (Fsp3) is 0.444. The Morgan fingerprint density at radius 1 is 0.873 bits per heavy atom. The van der Waals surface area contributed by atoms with Gasteiger partial charge in [0.15, 0.2) is 5.82 Å². The second-order valence-corrected chi connectivity index (χ2v) is 15.6. The van der Waals surface area contributed by atoms with Crippen LogP contribution < -0.4 is 15.4 Å². The van der Waals surface area contributed by atoms with Crippen LogP contribution in [0.5, 0.6) is 5.75 Å². The molecular weight excluding hydrogens is 693 g/mol. The third-order valence-corrected chi connectivity index (χ3v) is 10.2. The van der Waals surface area contributed by atoms with Crippen LogP contribution in [0.25, 0.3) is 22.5 Å². The number of hydrogen-bond acceptors (Lipinski definition) is 7. The second kappa shape index (κ2) is 20.0. The molecule has 1 aliphatic rings. The predicted octanol–water partition coefficient (Wildman–Crippen LogP) is 8.04. The molecule has 0 spiro atoms. The number of nitrogens with one attached hydrogen (secondary N) is 2. The van der Waals surface area contributed by atoms with Crippen LogP contribution in [-0.2, 0) is 26.2 Å². The Bertz CT molecular complexity index is 1810. The number of amides is 2. The number of unbranched alkanes of at least 4 members (excludes halogenated alkanes) is 4. The molecule has 1 saturated heterocycles. The highest BCUT2D eigenvalue weighted by atomic mass is 16.5. The van der Waals surface area contributed by atoms with Gasteiger partial charge in [0, 0.05) is 55.3 Å². The predicted molar refractivity (Wildman–Crippen MR) is 215 cm³/mol. The summed E-state index contributed by atoms with van der Waals surface area (Å²) < 4.78 is 11.3. The van der Waals surface area contributed by atoms with E-state index in [0.717, 1.165) is 53.0 Å². The van der Waals surface area contributed by atoms with Crippen LogP contribution in [0.4, 0.5) is 0 Å². The van der Waals surface area contributed by atoms with Crippen molar-refractivity contribution in [3.8, 4) is 28.3 Å². The molecule has 3 N–H and O–H groups in total. The fourth-order valence-electron chi connectivity index (χ4n) is 6.65. The smallest absolute Gasteiger partial charge is 0.308 e. The van der Waals surface area contributed by atoms with Crippen molar-refractivity contribution in [2.75, 3.05) is 26.4 Å². The number of aliphatic carboxylic acids is 1. The highest BCUT2D eigenvalue weighted by Gasteiger charge is 2.28. The monoisotopic (exact) mass is 748 g/mol. The number of nitrogens with zero attached hydrogens (tertiary/aromatic N) is 2. The maximum atomic E-state index is 13.6. The van der Waals surface area contributed by atoms with Gasteiger partial charge in [-0.15, -0.1) is 0 Å². The van der Waals surface area contributed by atoms with Crippen molar-refractivity contribution < 1.29 is 29.0 Å². The molecule has 3 atom stereocenters. The van der Waals surface area contributed by atoms with Crippen LogP contribution in [0.15, 0.2) is 85.2 Å². The van der Waals surface area contributed by atoms with E-state index in [9.17, 15) is 19.5 Å². The number of carbonyl (C=O) groups is 3. The summed E-state index contributed by atoms with van der Waals surface area (Å²) in [5, 5.41) is 15.6. The van der Waals surface area contributed by atoms with Crippen LogP contribution in [0.3, 0.4) is 0 Å². The van der Waals surface area contributed by atoms with Gasteiger partial charge in [0.25, 0.3) is 5.91 Å². The molecule has 0 saturated carbocycles. The first-order chi connectivity index (χ1) is 26.5. The third kappa shape index (κ3) is 12.5. The first-order valence-corrected chi connectivity index (χ1v) is 19.6. The van der Waals surface area contributed by atoms with E-state index in [0.29, 0.717) is 31.0 Å². The van der Waals surface area contributed by atoms with Gasteiger partial charge in [-0.25, -0.2) is 9.97 Å². The normalized spacial score (nSPS) is 15.2. The van der Waals surface area contributed by atoms with Crippen molar-refractivity contribution in [3.05, 3.63) is 102 Å². The van der Waals surface area contributed by atoms with E-state index in [1.165, 1.54) is 25.7 Å². The van der Waals surface area contributed by atoms with E-state index in [1.54, 1.807) is 24.5 Å². The fourth-order valence-corrected chi connectivity index (χ4v) is 6.65. The van der Waals surface area contributed by atoms with Gasteiger partial charge in [-0.1, -0.05) is 102 Å². The average Bonchev–Trinajstić information content (AvgIpc) is 3.71. The molecule has 3 aromatic carbocycles. The number of carboxylic acids is 1. The summed E-state index contributed by atoms with van der Waals surface area (Å²) in [7, 11) is 0. The Kier molecular flexibility index (Phi) is 14.9. The lowest BCUT2D eigenvalue weighted by Gasteiger charge is -2.22. The number of aromatic nitrogens is 2. The largest absolute Gasteiger partial charge is 0.494 e. The van der Waals surface area contributed by atoms with Crippen molar-refractivity contribution in [2.45, 2.75) is 90.5 Å². The first-order valence-electron chi connectivity index (χ1n) is 19.6. The summed E-state index contributed by atoms with van der Waals surface area (Å²) in [5.74, 6) is -1.00. The van der Waals surface area contributed by atoms with E-state index < -0.39 is 23.8 Å². The summed E-state index contributed by atoms with van der Waals surface area (Å²) in [6.45, 7) is 10.3. The Hall–Kier alpha value is -5.09. The van der Waals surface area contributed by atoms with Gasteiger partial charge in [-0.05, 0) is 71.6 Å². The van der Waals surface area contributed by atoms with Crippen molar-refractivity contribution in [2.24, 2.45) is 11.8 Å². The molecule has 0 bridgehead atoms. The number of hydrogen-bond donors (Lipinski definition) is 3. The molecule has 4 aromatic rings. The molecule has 1 aromatic heterocycles. The van der Waals surface area contributed by atoms with Gasteiger partial charge in [0.2, 0.25) is 5.91 Å². The first kappa shape index (κ1) is 41.1. The van der Waals surface area contributed by atoms with Crippen molar-refractivity contribution in [3.63, 3.8) is 0 Å². The summed E-state index contributed by atoms with van der Waals surface area (Å²) in [5.41, 5.74) is 4.96. The highest BCUT2D eigenvalue weighted by Crippen LogP contribution is 2.25. The van der Waals surface area contributed by atoms with Crippen LogP contribution in [0.1, 0.15) is 94.1 Å². The average molecular weight is 749 g/mol. The SMILES string of the molecule is CCCCCCCOc1ccc(-c2cnc(-c3ccc(C[C@H](NC(=O)c4ccc(C(C)(C)C)cc4)C(=O)NCC(CC4CCOC4)C(=O)O)cc3)nc2)cc1. The van der Waals surface area contributed by atoms with Crippen molar-refractivity contribution in [1.82, 2.24) is 20.6 Å². The van der Waals surface area contributed by atoms with Crippen LogP contribution in [0, 0.1) is 11.8 Å². The molecule has 2 amide bonds. The molecule has 1 aliphatic heterocycles. The Morgan fingerprint density at radius 2 is 1.55 bits per heavy atom. The zero-order chi connectivity index (χ0) is 39.2. The number of carbonyl (C=O) groups excluding carboxylic acids is 2. The molecule has 0 aliphatic carbocycles. The Balaban J connectivity index is 1.23. The van der Waals surface area contributed by atoms with E-state index in [1.807, 2.05) is 60.7 Å². The molecule has 55 heavy (non-hydrogen) atoms. The number of carboxylic acid groups (broad SMARTS) is 1. The minimum absolute atomic E-state index is 0.0410. The van der Waals surface area contributed by atoms with Gasteiger partial charge in [0.05, 0.1) is 12.5 Å². The minimum atomic E-state index is -0.969. The van der Waals surface area contributed by atoms with E-state index in [2.05, 4.69) is 48.3 Å². The summed E-state index contributed by atoms with van der Waals surface area (Å²) in [6.07, 6.45) is 11.0. The van der Waals surface area contributed by atoms with Crippen molar-refractivity contribution in [1.29, 1.82) is 0 Å². The lowest BCUT2D eigenvalue weighted by Crippen LogP contribution is -2.49. The standard InChI is InChI=1S/C45H56N4O6/c1-5-6-7-8-9-23-55-39-20-16-33(17-21-39)37-28-46-41(47-29-37)34-12-10-31(11-13-34)26-40(49-42(50)35-14-18-38(19-15-35)45(2,3)4)43(51)48-27-36(44(52)53)25-32-22-24-54-30-32/h10-21,28-29,32,36,40H,5-9,22-27,30H2,1-4H3,(H,48,51)(H,49,50)(H,52,53)/t32?,36?,40-/m0/s1. The minimum Gasteiger partial charge on any atom is -0.494 e. The lowest BCUT2D eigenvalue weighted by atomic mass is 9.86. The zero-order valence-corrected chi connectivity index (χ0v) is 32.7. The Labute approximate surface area is 325 Å². The maximum absolute atomic E-state index is 13.6. The molecular formula is C45H56N4O6. The highest BCUT2D eigenvalue weighted by molar-refractivity contribution is 5.97. The van der Waals surface area contributed by atoms with Gasteiger partial charge in [-0.3, -0.25) is 14.4 Å². The second-order valence-electron chi connectivity index (χ2n) is 15.6. The number of benzene rings is 3. The molecule has 292 valence electrons. The summed E-state index contributed by atoms with van der Waals surface area (Å²) in [4.78, 5) is 48.4.